The van der Waals surface area contributed by atoms with E-state index in [-0.39, 0.29) is 12.5 Å². The molecule has 0 spiro atoms. The van der Waals surface area contributed by atoms with Crippen LogP contribution in [0.5, 0.6) is 0 Å². The number of anilines is 1. The van der Waals surface area contributed by atoms with Gasteiger partial charge in [0.05, 0.1) is 0 Å². The number of hydrogen-bond donors (Lipinski definition) is 3. The Bertz CT molecular complexity index is 422. The molecule has 18 heavy (non-hydrogen) atoms. The summed E-state index contributed by atoms with van der Waals surface area (Å²) < 4.78 is 0. The maximum Gasteiger partial charge on any atom is 0.244 e. The topological polar surface area (TPSA) is 75.3 Å². The smallest absolute Gasteiger partial charge is 0.244 e. The summed E-state index contributed by atoms with van der Waals surface area (Å²) in [6, 6.07) is 7.26. The number of nitrogens with two attached hydrogens (primary N) is 1. The molecule has 0 saturated carbocycles. The minimum Gasteiger partial charge on any atom is -0.399 e. The lowest BCUT2D eigenvalue weighted by Gasteiger charge is -2.24. The zero-order valence-corrected chi connectivity index (χ0v) is 10.8. The molecule has 4 N–H and O–H groups in total. The van der Waals surface area contributed by atoms with Crippen molar-refractivity contribution in [2.75, 3.05) is 12.3 Å². The molecule has 1 rings (SSSR count). The van der Waals surface area contributed by atoms with Gasteiger partial charge in [0.25, 0.3) is 0 Å². The first-order chi connectivity index (χ1) is 8.43. The van der Waals surface area contributed by atoms with Gasteiger partial charge in [0.1, 0.15) is 0 Å². The summed E-state index contributed by atoms with van der Waals surface area (Å²) in [6.07, 6.45) is 3.73. The van der Waals surface area contributed by atoms with Gasteiger partial charge in [-0.15, -0.1) is 0 Å². The lowest BCUT2D eigenvalue weighted by Crippen LogP contribution is -2.43. The van der Waals surface area contributed by atoms with E-state index >= 15 is 0 Å². The quantitative estimate of drug-likeness (QED) is 0.547. The summed E-state index contributed by atoms with van der Waals surface area (Å²) in [4.78, 5) is 11.7. The van der Waals surface area contributed by atoms with Gasteiger partial charge >= 0.3 is 0 Å². The van der Waals surface area contributed by atoms with Crippen molar-refractivity contribution >= 4 is 17.7 Å². The van der Waals surface area contributed by atoms with E-state index in [0.717, 1.165) is 5.56 Å². The first-order valence-electron chi connectivity index (χ1n) is 5.89. The second-order valence-electron chi connectivity index (χ2n) is 4.85. The van der Waals surface area contributed by atoms with Crippen molar-refractivity contribution < 1.29 is 9.90 Å². The second kappa shape index (κ2) is 6.21. The van der Waals surface area contributed by atoms with Crippen molar-refractivity contribution in [2.45, 2.75) is 25.8 Å². The summed E-state index contributed by atoms with van der Waals surface area (Å²) in [5.41, 5.74) is 6.78. The van der Waals surface area contributed by atoms with E-state index in [1.165, 1.54) is 6.08 Å². The molecule has 0 radical (unpaired) electrons. The molecule has 1 amide bonds. The molecule has 0 aliphatic rings. The Hall–Kier alpha value is -1.81. The molecule has 98 valence electrons. The van der Waals surface area contributed by atoms with E-state index in [1.807, 2.05) is 26.0 Å². The van der Waals surface area contributed by atoms with E-state index < -0.39 is 5.54 Å². The molecule has 1 aromatic rings. The van der Waals surface area contributed by atoms with Crippen LogP contribution in [0.4, 0.5) is 5.69 Å². The molecule has 0 aliphatic carbocycles. The summed E-state index contributed by atoms with van der Waals surface area (Å²) in [6.45, 7) is 3.80. The molecule has 4 heteroatoms. The van der Waals surface area contributed by atoms with Crippen LogP contribution in [0.3, 0.4) is 0 Å². The van der Waals surface area contributed by atoms with E-state index in [2.05, 4.69) is 5.32 Å². The van der Waals surface area contributed by atoms with Gasteiger partial charge in [-0.25, -0.2) is 0 Å². The van der Waals surface area contributed by atoms with Gasteiger partial charge in [-0.05, 0) is 44.0 Å². The lowest BCUT2D eigenvalue weighted by molar-refractivity contribution is -0.118. The molecule has 1 aromatic carbocycles. The Morgan fingerprint density at radius 1 is 1.39 bits per heavy atom. The molecule has 0 aliphatic heterocycles. The SMILES string of the molecule is CC(C)(CCO)NC(=O)/C=C/c1ccc(N)cc1. The number of aliphatic hydroxyl groups excluding tert-OH is 1. The highest BCUT2D eigenvalue weighted by atomic mass is 16.3. The Morgan fingerprint density at radius 2 is 2.00 bits per heavy atom. The molecule has 0 unspecified atom stereocenters. The van der Waals surface area contributed by atoms with Gasteiger partial charge in [-0.1, -0.05) is 12.1 Å². The van der Waals surface area contributed by atoms with E-state index in [4.69, 9.17) is 10.8 Å². The third-order valence-electron chi connectivity index (χ3n) is 2.56. The van der Waals surface area contributed by atoms with E-state index in [1.54, 1.807) is 18.2 Å². The minimum atomic E-state index is -0.405. The third-order valence-corrected chi connectivity index (χ3v) is 2.56. The van der Waals surface area contributed by atoms with Crippen LogP contribution in [-0.4, -0.2) is 23.2 Å². The van der Waals surface area contributed by atoms with Gasteiger partial charge < -0.3 is 16.2 Å². The zero-order valence-electron chi connectivity index (χ0n) is 10.8. The van der Waals surface area contributed by atoms with Gasteiger partial charge in [0.2, 0.25) is 5.91 Å². The number of benzene rings is 1. The molecule has 0 aromatic heterocycles. The largest absolute Gasteiger partial charge is 0.399 e. The normalized spacial score (nSPS) is 11.7. The van der Waals surface area contributed by atoms with Crippen molar-refractivity contribution in [1.29, 1.82) is 0 Å². The Morgan fingerprint density at radius 3 is 2.56 bits per heavy atom. The van der Waals surface area contributed by atoms with Crippen LogP contribution in [0.2, 0.25) is 0 Å². The molecule has 0 saturated heterocycles. The van der Waals surface area contributed by atoms with Crippen LogP contribution in [0.15, 0.2) is 30.3 Å². The fraction of sp³-hybridized carbons (Fsp3) is 0.357. The van der Waals surface area contributed by atoms with Gasteiger partial charge in [-0.3, -0.25) is 4.79 Å². The first kappa shape index (κ1) is 14.3. The van der Waals surface area contributed by atoms with E-state index in [9.17, 15) is 4.79 Å². The maximum absolute atomic E-state index is 11.7. The number of nitrogen functional groups attached to an aromatic ring is 1. The number of carbonyl (C=O) groups excluding carboxylic acids is 1. The average Bonchev–Trinajstić information content (AvgIpc) is 2.27. The Balaban J connectivity index is 2.57. The van der Waals surface area contributed by atoms with Gasteiger partial charge in [0, 0.05) is 23.9 Å². The lowest BCUT2D eigenvalue weighted by atomic mass is 10.0. The van der Waals surface area contributed by atoms with Crippen LogP contribution < -0.4 is 11.1 Å². The highest BCUT2D eigenvalue weighted by Crippen LogP contribution is 2.09. The average molecular weight is 248 g/mol. The van der Waals surface area contributed by atoms with Crippen molar-refractivity contribution in [3.63, 3.8) is 0 Å². The van der Waals surface area contributed by atoms with Crippen molar-refractivity contribution in [3.8, 4) is 0 Å². The predicted octanol–water partition coefficient (Wildman–Crippen LogP) is 1.56. The fourth-order valence-electron chi connectivity index (χ4n) is 1.50. The van der Waals surface area contributed by atoms with Crippen LogP contribution in [-0.2, 0) is 4.79 Å². The van der Waals surface area contributed by atoms with Crippen molar-refractivity contribution in [1.82, 2.24) is 5.32 Å². The highest BCUT2D eigenvalue weighted by molar-refractivity contribution is 5.92. The number of amides is 1. The van der Waals surface area contributed by atoms with Crippen LogP contribution in [0.25, 0.3) is 6.08 Å². The molecular formula is C14H20N2O2. The zero-order chi connectivity index (χ0) is 13.6. The van der Waals surface area contributed by atoms with E-state index in [0.29, 0.717) is 12.1 Å². The molecule has 0 fully saturated rings. The Kier molecular flexibility index (Phi) is 4.92. The number of carbonyl (C=O) groups is 1. The molecule has 0 heterocycles. The Labute approximate surface area is 108 Å². The highest BCUT2D eigenvalue weighted by Gasteiger charge is 2.17. The standard InChI is InChI=1S/C14H20N2O2/c1-14(2,9-10-17)16-13(18)8-5-11-3-6-12(15)7-4-11/h3-8,17H,9-10,15H2,1-2H3,(H,16,18)/b8-5+. The maximum atomic E-state index is 11.7. The number of rotatable bonds is 5. The summed E-state index contributed by atoms with van der Waals surface area (Å²) in [7, 11) is 0. The summed E-state index contributed by atoms with van der Waals surface area (Å²) in [5, 5.41) is 11.7. The molecular weight excluding hydrogens is 228 g/mol. The molecule has 4 nitrogen and oxygen atoms in total. The molecule has 0 atom stereocenters. The van der Waals surface area contributed by atoms with Gasteiger partial charge in [0.15, 0.2) is 0 Å². The van der Waals surface area contributed by atoms with Gasteiger partial charge in [-0.2, -0.15) is 0 Å². The first-order valence-corrected chi connectivity index (χ1v) is 5.89. The second-order valence-corrected chi connectivity index (χ2v) is 4.85. The summed E-state index contributed by atoms with van der Waals surface area (Å²) in [5.74, 6) is -0.176. The number of nitrogens with one attached hydrogen (secondary N) is 1. The van der Waals surface area contributed by atoms with Crippen molar-refractivity contribution in [3.05, 3.63) is 35.9 Å². The monoisotopic (exact) mass is 248 g/mol. The van der Waals surface area contributed by atoms with Crippen LogP contribution in [0.1, 0.15) is 25.8 Å². The molecule has 0 bridgehead atoms. The fourth-order valence-corrected chi connectivity index (χ4v) is 1.50. The summed E-state index contributed by atoms with van der Waals surface area (Å²) >= 11 is 0. The van der Waals surface area contributed by atoms with Crippen molar-refractivity contribution in [2.24, 2.45) is 0 Å². The number of hydrogen-bond acceptors (Lipinski definition) is 3. The predicted molar refractivity (Wildman–Crippen MR) is 73.8 cm³/mol. The minimum absolute atomic E-state index is 0.0506. The third kappa shape index (κ3) is 5.01. The van der Waals surface area contributed by atoms with Crippen LogP contribution in [0, 0.1) is 0 Å². The number of aliphatic hydroxyl groups is 1. The van der Waals surface area contributed by atoms with Crippen LogP contribution >= 0.6 is 0 Å².